The van der Waals surface area contributed by atoms with Gasteiger partial charge in [-0.05, 0) is 31.0 Å². The fraction of sp³-hybridized carbons (Fsp3) is 0.538. The van der Waals surface area contributed by atoms with Crippen LogP contribution in [0, 0.1) is 12.7 Å². The van der Waals surface area contributed by atoms with Crippen molar-refractivity contribution in [3.8, 4) is 0 Å². The molecule has 0 fully saturated rings. The number of aryl methyl sites for hydroxylation is 1. The molecule has 0 heterocycles. The van der Waals surface area contributed by atoms with Gasteiger partial charge in [0.1, 0.15) is 10.7 Å². The number of nitrogen functional groups attached to an aromatic ring is 1. The minimum Gasteiger partial charge on any atom is -0.399 e. The summed E-state index contributed by atoms with van der Waals surface area (Å²) in [7, 11) is -2.48. The molecule has 5 nitrogen and oxygen atoms in total. The Morgan fingerprint density at radius 3 is 2.65 bits per heavy atom. The predicted octanol–water partition coefficient (Wildman–Crippen LogP) is 1.81. The second kappa shape index (κ2) is 7.01. The fourth-order valence-electron chi connectivity index (χ4n) is 1.97. The van der Waals surface area contributed by atoms with Gasteiger partial charge >= 0.3 is 0 Å². The van der Waals surface area contributed by atoms with Crippen molar-refractivity contribution in [2.75, 3.05) is 19.5 Å². The van der Waals surface area contributed by atoms with Gasteiger partial charge in [-0.2, -0.15) is 0 Å². The third-order valence-electron chi connectivity index (χ3n) is 2.86. The molecule has 0 saturated carbocycles. The molecule has 0 amide bonds. The minimum absolute atomic E-state index is 0.198. The maximum atomic E-state index is 14.0. The molecule has 1 aromatic carbocycles. The van der Waals surface area contributed by atoms with Gasteiger partial charge in [-0.15, -0.1) is 0 Å². The molecule has 0 bridgehead atoms. The molecule has 20 heavy (non-hydrogen) atoms. The average Bonchev–Trinajstić information content (AvgIpc) is 2.33. The number of methoxy groups -OCH3 is 1. The Hall–Kier alpha value is -1.18. The van der Waals surface area contributed by atoms with E-state index < -0.39 is 26.8 Å². The summed E-state index contributed by atoms with van der Waals surface area (Å²) in [6, 6.07) is 2.13. The van der Waals surface area contributed by atoms with Crippen LogP contribution in [0.1, 0.15) is 25.3 Å². The SMILES string of the molecule is CCCC(COC)NS(=O)(=O)c1cc(N)cc(C)c1F. The average molecular weight is 304 g/mol. The molecule has 0 radical (unpaired) electrons. The van der Waals surface area contributed by atoms with Crippen LogP contribution < -0.4 is 10.5 Å². The van der Waals surface area contributed by atoms with E-state index in [0.29, 0.717) is 6.42 Å². The number of nitrogens with one attached hydrogen (secondary N) is 1. The van der Waals surface area contributed by atoms with E-state index in [4.69, 9.17) is 10.5 Å². The number of rotatable bonds is 7. The summed E-state index contributed by atoms with van der Waals surface area (Å²) in [4.78, 5) is -0.424. The molecule has 0 aliphatic heterocycles. The van der Waals surface area contributed by atoms with E-state index in [0.717, 1.165) is 12.5 Å². The third-order valence-corrected chi connectivity index (χ3v) is 4.38. The molecule has 0 aliphatic rings. The Kier molecular flexibility index (Phi) is 5.91. The van der Waals surface area contributed by atoms with Crippen molar-refractivity contribution in [1.29, 1.82) is 0 Å². The minimum atomic E-state index is -3.96. The van der Waals surface area contributed by atoms with Crippen molar-refractivity contribution >= 4 is 15.7 Å². The van der Waals surface area contributed by atoms with Crippen LogP contribution in [0.2, 0.25) is 0 Å². The number of hydrogen-bond donors (Lipinski definition) is 2. The Morgan fingerprint density at radius 1 is 1.45 bits per heavy atom. The smallest absolute Gasteiger partial charge is 0.243 e. The standard InChI is InChI=1S/C13H21FN2O3S/c1-4-5-11(8-19-3)16-20(17,18)12-7-10(15)6-9(2)13(12)14/h6-7,11,16H,4-5,8,15H2,1-3H3. The zero-order valence-corrected chi connectivity index (χ0v) is 12.8. The van der Waals surface area contributed by atoms with Gasteiger partial charge in [0.15, 0.2) is 0 Å². The van der Waals surface area contributed by atoms with Crippen LogP contribution in [0.4, 0.5) is 10.1 Å². The summed E-state index contributed by atoms with van der Waals surface area (Å²) < 4.78 is 45.9. The summed E-state index contributed by atoms with van der Waals surface area (Å²) >= 11 is 0. The summed E-state index contributed by atoms with van der Waals surface area (Å²) in [6.07, 6.45) is 1.39. The van der Waals surface area contributed by atoms with Crippen LogP contribution in [0.3, 0.4) is 0 Å². The van der Waals surface area contributed by atoms with Gasteiger partial charge in [-0.1, -0.05) is 13.3 Å². The highest BCUT2D eigenvalue weighted by Crippen LogP contribution is 2.22. The van der Waals surface area contributed by atoms with E-state index in [1.54, 1.807) is 0 Å². The van der Waals surface area contributed by atoms with Gasteiger partial charge in [0.25, 0.3) is 0 Å². The monoisotopic (exact) mass is 304 g/mol. The first kappa shape index (κ1) is 16.9. The van der Waals surface area contributed by atoms with E-state index in [1.165, 1.54) is 20.1 Å². The lowest BCUT2D eigenvalue weighted by Gasteiger charge is -2.18. The third kappa shape index (κ3) is 4.16. The van der Waals surface area contributed by atoms with E-state index in [-0.39, 0.29) is 17.9 Å². The summed E-state index contributed by atoms with van der Waals surface area (Å²) in [5, 5.41) is 0. The maximum absolute atomic E-state index is 14.0. The molecule has 0 saturated heterocycles. The molecule has 0 aliphatic carbocycles. The molecular formula is C13H21FN2O3S. The van der Waals surface area contributed by atoms with Gasteiger partial charge in [0.2, 0.25) is 10.0 Å². The van der Waals surface area contributed by atoms with Gasteiger partial charge in [-0.25, -0.2) is 17.5 Å². The number of sulfonamides is 1. The van der Waals surface area contributed by atoms with Gasteiger partial charge in [-0.3, -0.25) is 0 Å². The van der Waals surface area contributed by atoms with Crippen LogP contribution in [0.5, 0.6) is 0 Å². The largest absolute Gasteiger partial charge is 0.399 e. The van der Waals surface area contributed by atoms with E-state index in [1.807, 2.05) is 6.92 Å². The number of halogens is 1. The Bertz CT molecular complexity index is 555. The second-order valence-electron chi connectivity index (χ2n) is 4.71. The molecule has 114 valence electrons. The number of hydrogen-bond acceptors (Lipinski definition) is 4. The molecule has 1 rings (SSSR count). The zero-order chi connectivity index (χ0) is 15.3. The number of anilines is 1. The molecule has 3 N–H and O–H groups in total. The molecule has 1 unspecified atom stereocenters. The van der Waals surface area contributed by atoms with Gasteiger partial charge in [0, 0.05) is 18.8 Å². The number of ether oxygens (including phenoxy) is 1. The molecule has 0 spiro atoms. The Balaban J connectivity index is 3.10. The highest BCUT2D eigenvalue weighted by molar-refractivity contribution is 7.89. The highest BCUT2D eigenvalue weighted by Gasteiger charge is 2.24. The summed E-state index contributed by atoms with van der Waals surface area (Å²) in [5.41, 5.74) is 6.00. The Morgan fingerprint density at radius 2 is 2.10 bits per heavy atom. The lowest BCUT2D eigenvalue weighted by molar-refractivity contribution is 0.171. The van der Waals surface area contributed by atoms with E-state index >= 15 is 0 Å². The second-order valence-corrected chi connectivity index (χ2v) is 6.39. The zero-order valence-electron chi connectivity index (χ0n) is 11.9. The van der Waals surface area contributed by atoms with Crippen LogP contribution in [0.15, 0.2) is 17.0 Å². The quantitative estimate of drug-likeness (QED) is 0.753. The van der Waals surface area contributed by atoms with Crippen molar-refractivity contribution in [2.45, 2.75) is 37.6 Å². The normalized spacial score (nSPS) is 13.4. The molecule has 0 aromatic heterocycles. The first-order chi connectivity index (χ1) is 9.31. The van der Waals surface area contributed by atoms with Gasteiger partial charge < -0.3 is 10.5 Å². The van der Waals surface area contributed by atoms with Crippen molar-refractivity contribution < 1.29 is 17.5 Å². The molecule has 1 aromatic rings. The Labute approximate surface area is 119 Å². The van der Waals surface area contributed by atoms with Crippen molar-refractivity contribution in [1.82, 2.24) is 4.72 Å². The van der Waals surface area contributed by atoms with Crippen LogP contribution in [0.25, 0.3) is 0 Å². The van der Waals surface area contributed by atoms with Crippen molar-refractivity contribution in [3.63, 3.8) is 0 Å². The first-order valence-electron chi connectivity index (χ1n) is 6.38. The van der Waals surface area contributed by atoms with Crippen molar-refractivity contribution in [3.05, 3.63) is 23.5 Å². The number of benzene rings is 1. The predicted molar refractivity (Wildman–Crippen MR) is 76.4 cm³/mol. The van der Waals surface area contributed by atoms with Crippen LogP contribution in [-0.4, -0.2) is 28.2 Å². The number of nitrogens with two attached hydrogens (primary N) is 1. The molecule has 7 heteroatoms. The molecule has 1 atom stereocenters. The van der Waals surface area contributed by atoms with Gasteiger partial charge in [0.05, 0.1) is 6.61 Å². The highest BCUT2D eigenvalue weighted by atomic mass is 32.2. The topological polar surface area (TPSA) is 81.4 Å². The lowest BCUT2D eigenvalue weighted by atomic mass is 10.2. The first-order valence-corrected chi connectivity index (χ1v) is 7.87. The summed E-state index contributed by atoms with van der Waals surface area (Å²) in [5.74, 6) is -0.778. The van der Waals surface area contributed by atoms with E-state index in [2.05, 4.69) is 4.72 Å². The lowest BCUT2D eigenvalue weighted by Crippen LogP contribution is -2.38. The summed E-state index contributed by atoms with van der Waals surface area (Å²) in [6.45, 7) is 3.64. The maximum Gasteiger partial charge on any atom is 0.243 e. The fourth-order valence-corrected chi connectivity index (χ4v) is 3.41. The van der Waals surface area contributed by atoms with Crippen LogP contribution in [-0.2, 0) is 14.8 Å². The van der Waals surface area contributed by atoms with Crippen LogP contribution >= 0.6 is 0 Å². The van der Waals surface area contributed by atoms with Crippen molar-refractivity contribution in [2.24, 2.45) is 0 Å². The molecular weight excluding hydrogens is 283 g/mol. The van der Waals surface area contributed by atoms with E-state index in [9.17, 15) is 12.8 Å².